The molecular formula is C21H21F3N2O2S. The largest absolute Gasteiger partial charge is 0.416 e. The van der Waals surface area contributed by atoms with Crippen molar-refractivity contribution in [2.75, 3.05) is 44.3 Å². The number of rotatable bonds is 4. The molecule has 0 amide bonds. The molecule has 0 saturated carbocycles. The first kappa shape index (κ1) is 19.2. The van der Waals surface area contributed by atoms with Gasteiger partial charge in [0.15, 0.2) is 0 Å². The molecule has 1 N–H and O–H groups in total. The van der Waals surface area contributed by atoms with E-state index in [9.17, 15) is 18.3 Å². The summed E-state index contributed by atoms with van der Waals surface area (Å²) < 4.78 is 45.1. The van der Waals surface area contributed by atoms with Crippen molar-refractivity contribution in [2.45, 2.75) is 22.1 Å². The molecule has 3 heterocycles. The molecular weight excluding hydrogens is 401 g/mol. The molecule has 0 aliphatic carbocycles. The maximum atomic E-state index is 13.3. The Bertz CT molecular complexity index is 924. The van der Waals surface area contributed by atoms with Gasteiger partial charge in [-0.05, 0) is 30.3 Å². The number of likely N-dealkylation sites (tertiary alicyclic amines) is 1. The number of fused-ring (bicyclic) bond motifs is 2. The highest BCUT2D eigenvalue weighted by Crippen LogP contribution is 2.49. The number of benzene rings is 2. The second-order valence-corrected chi connectivity index (χ2v) is 9.26. The number of para-hydroxylation sites is 1. The Labute approximate surface area is 171 Å². The van der Waals surface area contributed by atoms with Crippen LogP contribution >= 0.6 is 11.8 Å². The van der Waals surface area contributed by atoms with Gasteiger partial charge in [-0.15, -0.1) is 0 Å². The molecule has 2 aromatic rings. The minimum absolute atomic E-state index is 0.242. The minimum Gasteiger partial charge on any atom is -0.390 e. The van der Waals surface area contributed by atoms with Gasteiger partial charge in [0.25, 0.3) is 0 Å². The second kappa shape index (κ2) is 6.91. The predicted molar refractivity (Wildman–Crippen MR) is 105 cm³/mol. The van der Waals surface area contributed by atoms with Gasteiger partial charge in [0.05, 0.1) is 42.8 Å². The number of halogens is 3. The van der Waals surface area contributed by atoms with Crippen LogP contribution in [-0.2, 0) is 10.9 Å². The number of β-amino-alcohol motifs (C(OH)–C–C–N with tert-alkyl or cyclic N) is 1. The van der Waals surface area contributed by atoms with E-state index in [-0.39, 0.29) is 12.0 Å². The summed E-state index contributed by atoms with van der Waals surface area (Å²) in [6.45, 7) is 4.12. The van der Waals surface area contributed by atoms with Crippen LogP contribution in [0.1, 0.15) is 5.56 Å². The molecule has 3 aliphatic rings. The highest BCUT2D eigenvalue weighted by molar-refractivity contribution is 7.99. The van der Waals surface area contributed by atoms with E-state index >= 15 is 0 Å². The number of hydrogen-bond acceptors (Lipinski definition) is 5. The van der Waals surface area contributed by atoms with Crippen LogP contribution in [-0.4, -0.2) is 55.5 Å². The zero-order chi connectivity index (χ0) is 20.2. The fourth-order valence-corrected chi connectivity index (χ4v) is 5.45. The molecule has 1 unspecified atom stereocenters. The van der Waals surface area contributed by atoms with Crippen molar-refractivity contribution in [1.29, 1.82) is 0 Å². The number of ether oxygens (including phenoxy) is 1. The summed E-state index contributed by atoms with van der Waals surface area (Å²) in [6, 6.07) is 11.5. The smallest absolute Gasteiger partial charge is 0.390 e. The Balaban J connectivity index is 1.39. The summed E-state index contributed by atoms with van der Waals surface area (Å²) in [5.74, 6) is 0. The van der Waals surface area contributed by atoms with Crippen LogP contribution in [0.5, 0.6) is 0 Å². The zero-order valence-corrected chi connectivity index (χ0v) is 16.5. The normalized spacial score (nSPS) is 21.2. The topological polar surface area (TPSA) is 35.9 Å². The van der Waals surface area contributed by atoms with Crippen LogP contribution in [0.3, 0.4) is 0 Å². The first-order chi connectivity index (χ1) is 13.8. The van der Waals surface area contributed by atoms with E-state index in [4.69, 9.17) is 4.74 Å². The third-order valence-corrected chi connectivity index (χ3v) is 6.88. The first-order valence-electron chi connectivity index (χ1n) is 9.57. The average molecular weight is 422 g/mol. The lowest BCUT2D eigenvalue weighted by Gasteiger charge is -2.55. The van der Waals surface area contributed by atoms with Crippen molar-refractivity contribution in [3.63, 3.8) is 0 Å². The van der Waals surface area contributed by atoms with Crippen LogP contribution in [0, 0.1) is 5.41 Å². The molecule has 1 spiro atoms. The van der Waals surface area contributed by atoms with Crippen molar-refractivity contribution >= 4 is 23.1 Å². The van der Waals surface area contributed by atoms with Crippen LogP contribution in [0.25, 0.3) is 0 Å². The number of aliphatic hydroxyl groups excluding tert-OH is 1. The molecule has 5 rings (SSSR count). The van der Waals surface area contributed by atoms with E-state index in [1.807, 2.05) is 29.2 Å². The molecule has 0 aromatic heterocycles. The second-order valence-electron chi connectivity index (χ2n) is 8.18. The first-order valence-corrected chi connectivity index (χ1v) is 10.4. The highest BCUT2D eigenvalue weighted by Gasteiger charge is 2.49. The molecule has 2 fully saturated rings. The lowest BCUT2D eigenvalue weighted by molar-refractivity contribution is -0.192. The molecule has 2 aromatic carbocycles. The van der Waals surface area contributed by atoms with Crippen molar-refractivity contribution < 1.29 is 23.0 Å². The number of alkyl halides is 3. The molecule has 2 saturated heterocycles. The zero-order valence-electron chi connectivity index (χ0n) is 15.7. The van der Waals surface area contributed by atoms with Gasteiger partial charge in [-0.1, -0.05) is 23.9 Å². The Hall–Kier alpha value is -1.74. The van der Waals surface area contributed by atoms with Crippen LogP contribution in [0.2, 0.25) is 0 Å². The molecule has 8 heteroatoms. The third kappa shape index (κ3) is 3.52. The number of hydrogen-bond donors (Lipinski definition) is 1. The van der Waals surface area contributed by atoms with E-state index in [1.54, 1.807) is 0 Å². The lowest BCUT2D eigenvalue weighted by Crippen LogP contribution is -2.67. The SMILES string of the molecule is OC(CN1CC2(COC2)C1)CN1c2ccccc2Sc2ccc(C(F)(F)F)cc21. The van der Waals surface area contributed by atoms with Crippen molar-refractivity contribution in [2.24, 2.45) is 5.41 Å². The van der Waals surface area contributed by atoms with E-state index in [0.29, 0.717) is 12.2 Å². The molecule has 1 atom stereocenters. The standard InChI is InChI=1S/C21H21F3N2O2S/c22-21(23,24)14-5-6-19-17(7-14)26(16-3-1-2-4-18(16)29-19)9-15(27)8-25-10-20(11-25)12-28-13-20/h1-7,15,27H,8-13H2. The molecule has 0 bridgehead atoms. The summed E-state index contributed by atoms with van der Waals surface area (Å²) in [5, 5.41) is 10.7. The van der Waals surface area contributed by atoms with Crippen LogP contribution < -0.4 is 4.90 Å². The van der Waals surface area contributed by atoms with Gasteiger partial charge >= 0.3 is 6.18 Å². The Morgan fingerprint density at radius 3 is 2.45 bits per heavy atom. The number of aliphatic hydroxyl groups is 1. The summed E-state index contributed by atoms with van der Waals surface area (Å²) in [7, 11) is 0. The van der Waals surface area contributed by atoms with Gasteiger partial charge in [-0.3, -0.25) is 4.90 Å². The van der Waals surface area contributed by atoms with E-state index in [0.717, 1.165) is 47.8 Å². The van der Waals surface area contributed by atoms with E-state index in [2.05, 4.69) is 4.90 Å². The molecule has 4 nitrogen and oxygen atoms in total. The predicted octanol–water partition coefficient (Wildman–Crippen LogP) is 4.00. The Morgan fingerprint density at radius 2 is 1.76 bits per heavy atom. The monoisotopic (exact) mass is 422 g/mol. The van der Waals surface area contributed by atoms with Gasteiger partial charge in [-0.2, -0.15) is 13.2 Å². The highest BCUT2D eigenvalue weighted by atomic mass is 32.2. The third-order valence-electron chi connectivity index (χ3n) is 5.75. The summed E-state index contributed by atoms with van der Waals surface area (Å²) >= 11 is 1.46. The van der Waals surface area contributed by atoms with Crippen molar-refractivity contribution in [1.82, 2.24) is 4.90 Å². The van der Waals surface area contributed by atoms with Gasteiger partial charge in [0.2, 0.25) is 0 Å². The lowest BCUT2D eigenvalue weighted by atomic mass is 9.78. The van der Waals surface area contributed by atoms with Crippen LogP contribution in [0.15, 0.2) is 52.3 Å². The van der Waals surface area contributed by atoms with Crippen molar-refractivity contribution in [3.05, 3.63) is 48.0 Å². The summed E-state index contributed by atoms with van der Waals surface area (Å²) in [5.41, 5.74) is 0.916. The van der Waals surface area contributed by atoms with Crippen LogP contribution in [0.4, 0.5) is 24.5 Å². The molecule has 3 aliphatic heterocycles. The summed E-state index contributed by atoms with van der Waals surface area (Å²) in [4.78, 5) is 5.74. The van der Waals surface area contributed by atoms with Gasteiger partial charge in [-0.25, -0.2) is 0 Å². The minimum atomic E-state index is -4.41. The van der Waals surface area contributed by atoms with Crippen molar-refractivity contribution in [3.8, 4) is 0 Å². The van der Waals surface area contributed by atoms with E-state index < -0.39 is 17.8 Å². The summed E-state index contributed by atoms with van der Waals surface area (Å²) in [6.07, 6.45) is -5.08. The molecule has 154 valence electrons. The van der Waals surface area contributed by atoms with Gasteiger partial charge < -0.3 is 14.7 Å². The quantitative estimate of drug-likeness (QED) is 0.806. The maximum Gasteiger partial charge on any atom is 0.416 e. The molecule has 29 heavy (non-hydrogen) atoms. The Morgan fingerprint density at radius 1 is 1.03 bits per heavy atom. The Kier molecular flexibility index (Phi) is 4.58. The fourth-order valence-electron chi connectivity index (χ4n) is 4.37. The number of nitrogens with zero attached hydrogens (tertiary/aromatic N) is 2. The molecule has 0 radical (unpaired) electrons. The average Bonchev–Trinajstić information content (AvgIpc) is 2.61. The maximum absolute atomic E-state index is 13.3. The fraction of sp³-hybridized carbons (Fsp3) is 0.429. The van der Waals surface area contributed by atoms with E-state index in [1.165, 1.54) is 23.9 Å². The number of anilines is 2. The van der Waals surface area contributed by atoms with Gasteiger partial charge in [0.1, 0.15) is 0 Å². The van der Waals surface area contributed by atoms with Gasteiger partial charge in [0, 0.05) is 34.8 Å².